The minimum Gasteiger partial charge on any atom is -0.275 e. The van der Waals surface area contributed by atoms with Gasteiger partial charge >= 0.3 is 0 Å². The molecule has 4 heteroatoms. The molecule has 0 bridgehead atoms. The molecule has 0 saturated heterocycles. The van der Waals surface area contributed by atoms with E-state index < -0.39 is 0 Å². The van der Waals surface area contributed by atoms with Gasteiger partial charge in [-0.25, -0.2) is 0 Å². The maximum absolute atomic E-state index is 10.5. The summed E-state index contributed by atoms with van der Waals surface area (Å²) in [5.41, 5.74) is 2.34. The summed E-state index contributed by atoms with van der Waals surface area (Å²) >= 11 is 0. The van der Waals surface area contributed by atoms with Crippen molar-refractivity contribution in [3.05, 3.63) is 28.7 Å². The van der Waals surface area contributed by atoms with Crippen molar-refractivity contribution in [3.8, 4) is 0 Å². The Morgan fingerprint density at radius 3 is 2.71 bits per heavy atom. The molecule has 0 spiro atoms. The number of hydrogen-bond donors (Lipinski definition) is 1. The van der Waals surface area contributed by atoms with Crippen LogP contribution in [0, 0.1) is 4.91 Å². The molecule has 1 rings (SSSR count). The Labute approximate surface area is 82.8 Å². The monoisotopic (exact) mass is 194 g/mol. The molecule has 4 nitrogen and oxygen atoms in total. The Bertz CT molecular complexity index is 361. The fourth-order valence-electron chi connectivity index (χ4n) is 1.19. The van der Waals surface area contributed by atoms with Crippen LogP contribution in [0.15, 0.2) is 18.2 Å². The van der Waals surface area contributed by atoms with Gasteiger partial charge in [0.1, 0.15) is 7.11 Å². The molecule has 0 aliphatic rings. The van der Waals surface area contributed by atoms with Gasteiger partial charge in [0.25, 0.3) is 11.4 Å². The normalized spacial score (nSPS) is 9.57. The molecule has 0 aliphatic heterocycles. The van der Waals surface area contributed by atoms with Gasteiger partial charge in [-0.05, 0) is 12.0 Å². The highest BCUT2D eigenvalue weighted by Gasteiger charge is 2.12. The predicted octanol–water partition coefficient (Wildman–Crippen LogP) is 0.633. The molecular formula is C10H14N2O2+2. The summed E-state index contributed by atoms with van der Waals surface area (Å²) in [7, 11) is 1.52. The van der Waals surface area contributed by atoms with Gasteiger partial charge in [0.05, 0.1) is 6.07 Å². The van der Waals surface area contributed by atoms with E-state index in [2.05, 4.69) is 6.72 Å². The molecule has 0 heterocycles. The first-order valence-corrected chi connectivity index (χ1v) is 4.38. The Morgan fingerprint density at radius 1 is 1.50 bits per heavy atom. The zero-order valence-electron chi connectivity index (χ0n) is 8.41. The van der Waals surface area contributed by atoms with Crippen molar-refractivity contribution in [1.29, 1.82) is 0 Å². The SMILES string of the molecule is C=[N+](OC)c1cc(CC)cc([NH+]=O)c1. The maximum Gasteiger partial charge on any atom is 0.263 e. The van der Waals surface area contributed by atoms with Crippen LogP contribution in [-0.4, -0.2) is 18.6 Å². The Balaban J connectivity index is 3.16. The van der Waals surface area contributed by atoms with Crippen LogP contribution in [0.1, 0.15) is 12.5 Å². The second-order valence-electron chi connectivity index (χ2n) is 2.90. The summed E-state index contributed by atoms with van der Waals surface area (Å²) in [6, 6.07) is 5.42. The average molecular weight is 194 g/mol. The molecule has 1 N–H and O–H groups in total. The van der Waals surface area contributed by atoms with Crippen LogP contribution in [-0.2, 0) is 11.3 Å². The second-order valence-corrected chi connectivity index (χ2v) is 2.90. The number of nitrogens with one attached hydrogen (secondary N) is 1. The van der Waals surface area contributed by atoms with Gasteiger partial charge in [-0.1, -0.05) is 6.92 Å². The largest absolute Gasteiger partial charge is 0.275 e. The summed E-state index contributed by atoms with van der Waals surface area (Å²) in [6.07, 6.45) is 0.861. The maximum atomic E-state index is 10.5. The summed E-state index contributed by atoms with van der Waals surface area (Å²) in [4.78, 5) is 15.5. The molecule has 0 saturated carbocycles. The lowest BCUT2D eigenvalue weighted by Crippen LogP contribution is -2.55. The van der Waals surface area contributed by atoms with Crippen LogP contribution in [0.3, 0.4) is 0 Å². The quantitative estimate of drug-likeness (QED) is 0.434. The first-order chi connectivity index (χ1) is 6.71. The fraction of sp³-hybridized carbons (Fsp3) is 0.300. The second kappa shape index (κ2) is 4.50. The van der Waals surface area contributed by atoms with Crippen molar-refractivity contribution in [3.63, 3.8) is 0 Å². The van der Waals surface area contributed by atoms with E-state index in [1.54, 1.807) is 12.1 Å². The van der Waals surface area contributed by atoms with E-state index in [1.165, 1.54) is 11.8 Å². The topological polar surface area (TPSA) is 43.3 Å². The molecule has 0 radical (unpaired) electrons. The average Bonchev–Trinajstić information content (AvgIpc) is 2.27. The number of benzene rings is 1. The Hall–Kier alpha value is -1.71. The smallest absolute Gasteiger partial charge is 0.263 e. The molecule has 1 aromatic carbocycles. The molecule has 0 aliphatic carbocycles. The number of rotatable bonds is 4. The molecule has 0 amide bonds. The van der Waals surface area contributed by atoms with E-state index in [0.717, 1.165) is 17.7 Å². The zero-order valence-corrected chi connectivity index (χ0v) is 8.41. The van der Waals surface area contributed by atoms with E-state index >= 15 is 0 Å². The molecule has 0 fully saturated rings. The number of nitrogens with zero attached hydrogens (tertiary/aromatic N) is 1. The summed E-state index contributed by atoms with van der Waals surface area (Å²) in [6.45, 7) is 5.68. The highest BCUT2D eigenvalue weighted by molar-refractivity contribution is 5.46. The fourth-order valence-corrected chi connectivity index (χ4v) is 1.19. The summed E-state index contributed by atoms with van der Waals surface area (Å²) in [5.74, 6) is 0. The number of aryl methyl sites for hydroxylation is 1. The molecule has 74 valence electrons. The molecule has 0 aromatic heterocycles. The third-order valence-electron chi connectivity index (χ3n) is 2.01. The van der Waals surface area contributed by atoms with Gasteiger partial charge in [0, 0.05) is 27.0 Å². The van der Waals surface area contributed by atoms with Crippen molar-refractivity contribution >= 4 is 18.1 Å². The van der Waals surface area contributed by atoms with E-state index in [4.69, 9.17) is 4.84 Å². The van der Waals surface area contributed by atoms with Crippen molar-refractivity contribution in [2.45, 2.75) is 13.3 Å². The summed E-state index contributed by atoms with van der Waals surface area (Å²) in [5, 5.41) is 1.86. The molecule has 1 aromatic rings. The van der Waals surface area contributed by atoms with Crippen LogP contribution in [0.5, 0.6) is 0 Å². The highest BCUT2D eigenvalue weighted by Crippen LogP contribution is 2.18. The van der Waals surface area contributed by atoms with Crippen molar-refractivity contribution in [2.24, 2.45) is 0 Å². The molecule has 0 atom stereocenters. The van der Waals surface area contributed by atoms with Crippen molar-refractivity contribution in [2.75, 3.05) is 7.11 Å². The van der Waals surface area contributed by atoms with Gasteiger partial charge < -0.3 is 0 Å². The van der Waals surface area contributed by atoms with Gasteiger partial charge in [0.15, 0.2) is 6.72 Å². The third-order valence-corrected chi connectivity index (χ3v) is 2.01. The lowest BCUT2D eigenvalue weighted by Gasteiger charge is -1.98. The molecular weight excluding hydrogens is 180 g/mol. The van der Waals surface area contributed by atoms with Crippen LogP contribution in [0.25, 0.3) is 0 Å². The van der Waals surface area contributed by atoms with Crippen LogP contribution >= 0.6 is 0 Å². The number of nitroso groups, excluding NO2 is 1. The standard InChI is InChI=1S/C10H13N2O2/c1-4-8-5-9(11-13)7-10(6-8)12(2)14-3/h5-7H,2,4H2,1,3H3/q+1/p+1. The summed E-state index contributed by atoms with van der Waals surface area (Å²) < 4.78 is 1.36. The van der Waals surface area contributed by atoms with E-state index in [1.807, 2.05) is 18.2 Å². The third kappa shape index (κ3) is 2.16. The lowest BCUT2D eigenvalue weighted by molar-refractivity contribution is -0.714. The van der Waals surface area contributed by atoms with Crippen LogP contribution < -0.4 is 5.18 Å². The van der Waals surface area contributed by atoms with Gasteiger partial charge in [0.2, 0.25) is 0 Å². The van der Waals surface area contributed by atoms with E-state index in [-0.39, 0.29) is 0 Å². The minimum absolute atomic E-state index is 0.519. The van der Waals surface area contributed by atoms with E-state index in [9.17, 15) is 4.91 Å². The highest BCUT2D eigenvalue weighted by atomic mass is 16.6. The lowest BCUT2D eigenvalue weighted by atomic mass is 10.1. The van der Waals surface area contributed by atoms with Crippen LogP contribution in [0.4, 0.5) is 11.4 Å². The Morgan fingerprint density at radius 2 is 2.21 bits per heavy atom. The number of hydrogen-bond acceptors (Lipinski definition) is 2. The van der Waals surface area contributed by atoms with Gasteiger partial charge in [-0.15, -0.1) is 0 Å². The minimum atomic E-state index is 0.519. The van der Waals surface area contributed by atoms with Gasteiger partial charge in [-0.2, -0.15) is 0 Å². The predicted molar refractivity (Wildman–Crippen MR) is 53.9 cm³/mol. The first kappa shape index (κ1) is 10.4. The molecule has 0 unspecified atom stereocenters. The van der Waals surface area contributed by atoms with Crippen molar-refractivity contribution < 1.29 is 14.8 Å². The van der Waals surface area contributed by atoms with E-state index in [0.29, 0.717) is 5.69 Å². The Kier molecular flexibility index (Phi) is 3.34. The van der Waals surface area contributed by atoms with Crippen LogP contribution in [0.2, 0.25) is 0 Å². The van der Waals surface area contributed by atoms with Crippen molar-refractivity contribution in [1.82, 2.24) is 0 Å². The first-order valence-electron chi connectivity index (χ1n) is 4.38. The zero-order chi connectivity index (χ0) is 10.6. The van der Waals surface area contributed by atoms with Gasteiger partial charge in [-0.3, -0.25) is 4.84 Å². The molecule has 14 heavy (non-hydrogen) atoms.